The molecule has 0 fully saturated rings. The fourth-order valence-electron chi connectivity index (χ4n) is 1.09. The summed E-state index contributed by atoms with van der Waals surface area (Å²) < 4.78 is 12.9. The van der Waals surface area contributed by atoms with E-state index in [2.05, 4.69) is 4.98 Å². The van der Waals surface area contributed by atoms with E-state index >= 15 is 0 Å². The molecule has 1 N–H and O–H groups in total. The van der Waals surface area contributed by atoms with Crippen molar-refractivity contribution in [3.05, 3.63) is 29.8 Å². The Morgan fingerprint density at radius 3 is 3.00 bits per heavy atom. The number of hydrogen-bond donors (Lipinski definition) is 1. The number of rotatable bonds is 3. The first kappa shape index (κ1) is 9.13. The smallest absolute Gasteiger partial charge is 0.147 e. The highest BCUT2D eigenvalue weighted by atomic mass is 19.1. The standard InChI is InChI=1S/C9H12FNO/c1-2-3-9(12)7-4-5-11-6-8(7)10/h4-6,9,12H,2-3H2,1H3/t9-/m0/s1. The first-order valence-electron chi connectivity index (χ1n) is 4.03. The van der Waals surface area contributed by atoms with Crippen LogP contribution < -0.4 is 0 Å². The van der Waals surface area contributed by atoms with E-state index in [4.69, 9.17) is 0 Å². The molecule has 0 saturated carbocycles. The van der Waals surface area contributed by atoms with Gasteiger partial charge in [-0.05, 0) is 12.5 Å². The van der Waals surface area contributed by atoms with Gasteiger partial charge < -0.3 is 5.11 Å². The molecule has 12 heavy (non-hydrogen) atoms. The Labute approximate surface area is 71.1 Å². The minimum absolute atomic E-state index is 0.340. The van der Waals surface area contributed by atoms with Crippen molar-refractivity contribution in [3.63, 3.8) is 0 Å². The lowest BCUT2D eigenvalue weighted by atomic mass is 10.1. The summed E-state index contributed by atoms with van der Waals surface area (Å²) in [5.74, 6) is -0.432. The lowest BCUT2D eigenvalue weighted by Crippen LogP contribution is -2.00. The first-order chi connectivity index (χ1) is 5.75. The van der Waals surface area contributed by atoms with Crippen molar-refractivity contribution >= 4 is 0 Å². The molecule has 1 atom stereocenters. The second-order valence-corrected chi connectivity index (χ2v) is 2.70. The second-order valence-electron chi connectivity index (χ2n) is 2.70. The number of aliphatic hydroxyl groups is 1. The predicted octanol–water partition coefficient (Wildman–Crippen LogP) is 2.05. The van der Waals surface area contributed by atoms with E-state index in [1.807, 2.05) is 6.92 Å². The molecule has 1 heterocycles. The topological polar surface area (TPSA) is 33.1 Å². The maximum atomic E-state index is 12.9. The maximum Gasteiger partial charge on any atom is 0.147 e. The molecule has 0 aliphatic heterocycles. The van der Waals surface area contributed by atoms with Crippen LogP contribution in [0.4, 0.5) is 4.39 Å². The summed E-state index contributed by atoms with van der Waals surface area (Å²) in [7, 11) is 0. The fourth-order valence-corrected chi connectivity index (χ4v) is 1.09. The summed E-state index contributed by atoms with van der Waals surface area (Å²) >= 11 is 0. The molecule has 0 radical (unpaired) electrons. The zero-order chi connectivity index (χ0) is 8.97. The Bertz CT molecular complexity index is 252. The third-order valence-corrected chi connectivity index (χ3v) is 1.72. The van der Waals surface area contributed by atoms with Crippen molar-refractivity contribution in [3.8, 4) is 0 Å². The molecule has 3 heteroatoms. The molecule has 1 aromatic rings. The highest BCUT2D eigenvalue weighted by Crippen LogP contribution is 2.19. The van der Waals surface area contributed by atoms with E-state index in [1.165, 1.54) is 12.3 Å². The summed E-state index contributed by atoms with van der Waals surface area (Å²) in [5, 5.41) is 9.43. The minimum atomic E-state index is -0.696. The lowest BCUT2D eigenvalue weighted by Gasteiger charge is -2.09. The monoisotopic (exact) mass is 169 g/mol. The molecule has 0 unspecified atom stereocenters. The minimum Gasteiger partial charge on any atom is -0.388 e. The van der Waals surface area contributed by atoms with Crippen LogP contribution in [0.25, 0.3) is 0 Å². The van der Waals surface area contributed by atoms with Gasteiger partial charge in [-0.3, -0.25) is 4.98 Å². The molecule has 66 valence electrons. The Kier molecular flexibility index (Phi) is 3.17. The third-order valence-electron chi connectivity index (χ3n) is 1.72. The lowest BCUT2D eigenvalue weighted by molar-refractivity contribution is 0.161. The Hall–Kier alpha value is -0.960. The fraction of sp³-hybridized carbons (Fsp3) is 0.444. The van der Waals surface area contributed by atoms with E-state index in [9.17, 15) is 9.50 Å². The van der Waals surface area contributed by atoms with Crippen LogP contribution in [0, 0.1) is 5.82 Å². The van der Waals surface area contributed by atoms with Gasteiger partial charge in [-0.15, -0.1) is 0 Å². The molecule has 0 aliphatic carbocycles. The van der Waals surface area contributed by atoms with Gasteiger partial charge in [0.25, 0.3) is 0 Å². The van der Waals surface area contributed by atoms with Gasteiger partial charge in [0.05, 0.1) is 12.3 Å². The van der Waals surface area contributed by atoms with Gasteiger partial charge >= 0.3 is 0 Å². The van der Waals surface area contributed by atoms with Gasteiger partial charge in [0.1, 0.15) is 5.82 Å². The highest BCUT2D eigenvalue weighted by molar-refractivity contribution is 5.15. The van der Waals surface area contributed by atoms with Crippen molar-refractivity contribution in [2.75, 3.05) is 0 Å². The molecule has 1 aromatic heterocycles. The quantitative estimate of drug-likeness (QED) is 0.751. The third kappa shape index (κ3) is 2.01. The van der Waals surface area contributed by atoms with Crippen LogP contribution >= 0.6 is 0 Å². The second kappa shape index (κ2) is 4.16. The average molecular weight is 169 g/mol. The number of hydrogen-bond acceptors (Lipinski definition) is 2. The number of aliphatic hydroxyl groups excluding tert-OH is 1. The molecule has 0 saturated heterocycles. The van der Waals surface area contributed by atoms with Crippen LogP contribution in [0.2, 0.25) is 0 Å². The largest absolute Gasteiger partial charge is 0.388 e. The molecule has 1 rings (SSSR count). The van der Waals surface area contributed by atoms with Gasteiger partial charge in [0.15, 0.2) is 0 Å². The van der Waals surface area contributed by atoms with Gasteiger partial charge in [-0.2, -0.15) is 0 Å². The zero-order valence-corrected chi connectivity index (χ0v) is 7.00. The first-order valence-corrected chi connectivity index (χ1v) is 4.03. The van der Waals surface area contributed by atoms with Crippen LogP contribution in [-0.4, -0.2) is 10.1 Å². The van der Waals surface area contributed by atoms with Crippen LogP contribution in [0.3, 0.4) is 0 Å². The Morgan fingerprint density at radius 1 is 1.67 bits per heavy atom. The van der Waals surface area contributed by atoms with Crippen LogP contribution in [0.15, 0.2) is 18.5 Å². The maximum absolute atomic E-state index is 12.9. The summed E-state index contributed by atoms with van der Waals surface area (Å²) in [6, 6.07) is 1.51. The van der Waals surface area contributed by atoms with Gasteiger partial charge in [-0.25, -0.2) is 4.39 Å². The molecular weight excluding hydrogens is 157 g/mol. The predicted molar refractivity (Wildman–Crippen MR) is 44.1 cm³/mol. The van der Waals surface area contributed by atoms with Crippen molar-refractivity contribution in [1.29, 1.82) is 0 Å². The van der Waals surface area contributed by atoms with Crippen molar-refractivity contribution < 1.29 is 9.50 Å². The number of pyridine rings is 1. The van der Waals surface area contributed by atoms with Crippen molar-refractivity contribution in [2.45, 2.75) is 25.9 Å². The Balaban J connectivity index is 2.79. The van der Waals surface area contributed by atoms with Crippen LogP contribution in [0.5, 0.6) is 0 Å². The average Bonchev–Trinajstić information content (AvgIpc) is 2.05. The highest BCUT2D eigenvalue weighted by Gasteiger charge is 2.10. The van der Waals surface area contributed by atoms with Gasteiger partial charge in [0, 0.05) is 11.8 Å². The summed E-state index contributed by atoms with van der Waals surface area (Å²) in [5.41, 5.74) is 0.340. The van der Waals surface area contributed by atoms with Gasteiger partial charge in [-0.1, -0.05) is 13.3 Å². The van der Waals surface area contributed by atoms with E-state index in [-0.39, 0.29) is 0 Å². The van der Waals surface area contributed by atoms with E-state index in [0.717, 1.165) is 12.6 Å². The normalized spacial score (nSPS) is 12.9. The number of halogens is 1. The molecule has 0 amide bonds. The molecule has 2 nitrogen and oxygen atoms in total. The van der Waals surface area contributed by atoms with Gasteiger partial charge in [0.2, 0.25) is 0 Å². The van der Waals surface area contributed by atoms with E-state index in [0.29, 0.717) is 12.0 Å². The number of aromatic nitrogens is 1. The van der Waals surface area contributed by atoms with Crippen molar-refractivity contribution in [2.24, 2.45) is 0 Å². The summed E-state index contributed by atoms with van der Waals surface area (Å²) in [6.07, 6.45) is 3.33. The van der Waals surface area contributed by atoms with E-state index in [1.54, 1.807) is 0 Å². The summed E-state index contributed by atoms with van der Waals surface area (Å²) in [4.78, 5) is 3.60. The van der Waals surface area contributed by atoms with Crippen LogP contribution in [0.1, 0.15) is 31.4 Å². The molecule has 0 aromatic carbocycles. The van der Waals surface area contributed by atoms with Crippen LogP contribution in [-0.2, 0) is 0 Å². The molecule has 0 spiro atoms. The Morgan fingerprint density at radius 2 is 2.42 bits per heavy atom. The molecular formula is C9H12FNO. The molecule has 0 bridgehead atoms. The molecule has 0 aliphatic rings. The zero-order valence-electron chi connectivity index (χ0n) is 7.00. The van der Waals surface area contributed by atoms with Crippen molar-refractivity contribution in [1.82, 2.24) is 4.98 Å². The summed E-state index contributed by atoms with van der Waals surface area (Å²) in [6.45, 7) is 1.95. The van der Waals surface area contributed by atoms with E-state index < -0.39 is 11.9 Å². The SMILES string of the molecule is CCC[C@H](O)c1ccncc1F. The number of nitrogens with zero attached hydrogens (tertiary/aromatic N) is 1.